The van der Waals surface area contributed by atoms with E-state index in [1.54, 1.807) is 16.7 Å². The Hall–Kier alpha value is -2.57. The molecule has 0 aliphatic carbocycles. The SMILES string of the molecule is Cc1c(C)n(C(=O)CSc2nnc(-c3cccc(Cl)c3)o2)c2ccccc12. The largest absolute Gasteiger partial charge is 0.411 e. The van der Waals surface area contributed by atoms with Gasteiger partial charge in [0.05, 0.1) is 11.3 Å². The van der Waals surface area contributed by atoms with Crippen molar-refractivity contribution in [3.05, 3.63) is 64.8 Å². The molecule has 0 bridgehead atoms. The number of halogens is 1. The Balaban J connectivity index is 1.53. The quantitative estimate of drug-likeness (QED) is 0.432. The van der Waals surface area contributed by atoms with Crippen LogP contribution in [0.15, 0.2) is 58.2 Å². The number of aryl methyl sites for hydroxylation is 1. The second kappa shape index (κ2) is 7.21. The molecule has 0 unspecified atom stereocenters. The van der Waals surface area contributed by atoms with Crippen molar-refractivity contribution in [2.45, 2.75) is 19.1 Å². The first-order valence-electron chi connectivity index (χ1n) is 8.36. The van der Waals surface area contributed by atoms with Crippen molar-refractivity contribution in [1.82, 2.24) is 14.8 Å². The molecule has 5 nitrogen and oxygen atoms in total. The Morgan fingerprint density at radius 3 is 2.78 bits per heavy atom. The first-order chi connectivity index (χ1) is 13.0. The van der Waals surface area contributed by atoms with E-state index < -0.39 is 0 Å². The Bertz CT molecular complexity index is 1150. The zero-order valence-corrected chi connectivity index (χ0v) is 16.3. The minimum absolute atomic E-state index is 0.0238. The molecule has 2 aromatic heterocycles. The first kappa shape index (κ1) is 17.8. The first-order valence-corrected chi connectivity index (χ1v) is 9.73. The summed E-state index contributed by atoms with van der Waals surface area (Å²) in [4.78, 5) is 12.8. The summed E-state index contributed by atoms with van der Waals surface area (Å²) >= 11 is 7.22. The van der Waals surface area contributed by atoms with Crippen LogP contribution in [0.2, 0.25) is 5.02 Å². The molecule has 0 aliphatic rings. The number of para-hydroxylation sites is 1. The van der Waals surface area contributed by atoms with Crippen LogP contribution in [0, 0.1) is 13.8 Å². The van der Waals surface area contributed by atoms with Gasteiger partial charge in [-0.3, -0.25) is 9.36 Å². The third-order valence-electron chi connectivity index (χ3n) is 4.47. The molecule has 2 heterocycles. The highest BCUT2D eigenvalue weighted by atomic mass is 35.5. The Labute approximate surface area is 165 Å². The smallest absolute Gasteiger partial charge is 0.277 e. The maximum Gasteiger partial charge on any atom is 0.277 e. The second-order valence-electron chi connectivity index (χ2n) is 6.13. The van der Waals surface area contributed by atoms with Crippen molar-refractivity contribution < 1.29 is 9.21 Å². The van der Waals surface area contributed by atoms with Gasteiger partial charge in [0.2, 0.25) is 11.8 Å². The molecule has 0 radical (unpaired) electrons. The Morgan fingerprint density at radius 2 is 1.96 bits per heavy atom. The van der Waals surface area contributed by atoms with Crippen LogP contribution >= 0.6 is 23.4 Å². The Morgan fingerprint density at radius 1 is 1.15 bits per heavy atom. The van der Waals surface area contributed by atoms with E-state index >= 15 is 0 Å². The number of nitrogens with zero attached hydrogens (tertiary/aromatic N) is 3. The highest BCUT2D eigenvalue weighted by molar-refractivity contribution is 7.99. The lowest BCUT2D eigenvalue weighted by molar-refractivity contribution is 0.0944. The molecule has 0 N–H and O–H groups in total. The summed E-state index contributed by atoms with van der Waals surface area (Å²) in [5.41, 5.74) is 3.73. The average Bonchev–Trinajstić information content (AvgIpc) is 3.24. The Kier molecular flexibility index (Phi) is 4.76. The fourth-order valence-electron chi connectivity index (χ4n) is 3.04. The number of benzene rings is 2. The molecule has 4 rings (SSSR count). The monoisotopic (exact) mass is 397 g/mol. The van der Waals surface area contributed by atoms with E-state index in [1.807, 2.05) is 50.2 Å². The van der Waals surface area contributed by atoms with Crippen molar-refractivity contribution >= 4 is 40.2 Å². The summed E-state index contributed by atoms with van der Waals surface area (Å²) in [7, 11) is 0. The molecule has 0 saturated carbocycles. The van der Waals surface area contributed by atoms with Crippen LogP contribution in [0.5, 0.6) is 0 Å². The van der Waals surface area contributed by atoms with Crippen molar-refractivity contribution in [2.75, 3.05) is 5.75 Å². The zero-order valence-electron chi connectivity index (χ0n) is 14.8. The number of hydrogen-bond acceptors (Lipinski definition) is 5. The van der Waals surface area contributed by atoms with Crippen molar-refractivity contribution in [1.29, 1.82) is 0 Å². The summed E-state index contributed by atoms with van der Waals surface area (Å²) in [6, 6.07) is 15.1. The highest BCUT2D eigenvalue weighted by Gasteiger charge is 2.18. The van der Waals surface area contributed by atoms with Crippen molar-refractivity contribution in [3.8, 4) is 11.5 Å². The van der Waals surface area contributed by atoms with E-state index in [1.165, 1.54) is 11.8 Å². The van der Waals surface area contributed by atoms with Crippen LogP contribution < -0.4 is 0 Å². The van der Waals surface area contributed by atoms with E-state index in [9.17, 15) is 4.79 Å². The van der Waals surface area contributed by atoms with Gasteiger partial charge < -0.3 is 4.42 Å². The maximum absolute atomic E-state index is 12.8. The van der Waals surface area contributed by atoms with E-state index in [2.05, 4.69) is 10.2 Å². The molecule has 0 saturated heterocycles. The molecule has 0 amide bonds. The lowest BCUT2D eigenvalue weighted by Gasteiger charge is -2.05. The molecular formula is C20H16ClN3O2S. The molecule has 0 fully saturated rings. The van der Waals surface area contributed by atoms with E-state index in [0.29, 0.717) is 16.1 Å². The molecule has 0 aliphatic heterocycles. The van der Waals surface area contributed by atoms with Crippen LogP contribution in [0.1, 0.15) is 16.1 Å². The number of rotatable bonds is 4. The van der Waals surface area contributed by atoms with Gasteiger partial charge in [0.25, 0.3) is 5.22 Å². The summed E-state index contributed by atoms with van der Waals surface area (Å²) < 4.78 is 7.41. The standard InChI is InChI=1S/C20H16ClN3O2S/c1-12-13(2)24(17-9-4-3-8-16(12)17)18(25)11-27-20-23-22-19(26-20)14-6-5-7-15(21)10-14/h3-10H,11H2,1-2H3. The minimum Gasteiger partial charge on any atom is -0.411 e. The number of hydrogen-bond donors (Lipinski definition) is 0. The predicted molar refractivity (Wildman–Crippen MR) is 108 cm³/mol. The molecular weight excluding hydrogens is 382 g/mol. The number of carbonyl (C=O) groups is 1. The fraction of sp³-hybridized carbons (Fsp3) is 0.150. The number of thioether (sulfide) groups is 1. The van der Waals surface area contributed by atoms with Crippen molar-refractivity contribution in [2.24, 2.45) is 0 Å². The predicted octanol–water partition coefficient (Wildman–Crippen LogP) is 5.39. The van der Waals surface area contributed by atoms with Crippen LogP contribution in [0.25, 0.3) is 22.4 Å². The third kappa shape index (κ3) is 3.38. The molecule has 0 atom stereocenters. The van der Waals surface area contributed by atoms with Gasteiger partial charge in [0, 0.05) is 21.7 Å². The normalized spacial score (nSPS) is 11.2. The zero-order chi connectivity index (χ0) is 19.0. The van der Waals surface area contributed by atoms with Crippen LogP contribution in [0.3, 0.4) is 0 Å². The number of aromatic nitrogens is 3. The van der Waals surface area contributed by atoms with Gasteiger partial charge in [-0.15, -0.1) is 10.2 Å². The second-order valence-corrected chi connectivity index (χ2v) is 7.49. The van der Waals surface area contributed by atoms with Crippen LogP contribution in [0.4, 0.5) is 0 Å². The van der Waals surface area contributed by atoms with E-state index in [-0.39, 0.29) is 11.7 Å². The number of carbonyl (C=O) groups excluding carboxylic acids is 1. The minimum atomic E-state index is -0.0238. The van der Waals surface area contributed by atoms with Gasteiger partial charge in [-0.1, -0.05) is 47.6 Å². The van der Waals surface area contributed by atoms with Crippen molar-refractivity contribution in [3.63, 3.8) is 0 Å². The van der Waals surface area contributed by atoms with E-state index in [0.717, 1.165) is 27.7 Å². The topological polar surface area (TPSA) is 60.9 Å². The van der Waals surface area contributed by atoms with Gasteiger partial charge in [-0.2, -0.15) is 0 Å². The molecule has 7 heteroatoms. The lowest BCUT2D eigenvalue weighted by Crippen LogP contribution is -2.14. The van der Waals surface area contributed by atoms with E-state index in [4.69, 9.17) is 16.0 Å². The molecule has 27 heavy (non-hydrogen) atoms. The summed E-state index contributed by atoms with van der Waals surface area (Å²) in [5, 5.41) is 10.1. The van der Waals surface area contributed by atoms with Gasteiger partial charge in [-0.05, 0) is 43.7 Å². The lowest BCUT2D eigenvalue weighted by atomic mass is 10.2. The molecule has 4 aromatic rings. The molecule has 2 aromatic carbocycles. The molecule has 136 valence electrons. The average molecular weight is 398 g/mol. The van der Waals surface area contributed by atoms with Crippen LogP contribution in [-0.4, -0.2) is 26.4 Å². The molecule has 0 spiro atoms. The maximum atomic E-state index is 12.8. The van der Waals surface area contributed by atoms with Gasteiger partial charge >= 0.3 is 0 Å². The summed E-state index contributed by atoms with van der Waals surface area (Å²) in [6.45, 7) is 3.99. The third-order valence-corrected chi connectivity index (χ3v) is 5.51. The van der Waals surface area contributed by atoms with Crippen LogP contribution in [-0.2, 0) is 0 Å². The van der Waals surface area contributed by atoms with Gasteiger partial charge in [0.15, 0.2) is 0 Å². The summed E-state index contributed by atoms with van der Waals surface area (Å²) in [6.07, 6.45) is 0. The summed E-state index contributed by atoms with van der Waals surface area (Å²) in [5.74, 6) is 0.561. The highest BCUT2D eigenvalue weighted by Crippen LogP contribution is 2.28. The number of fused-ring (bicyclic) bond motifs is 1. The van der Waals surface area contributed by atoms with Gasteiger partial charge in [0.1, 0.15) is 0 Å². The fourth-order valence-corrected chi connectivity index (χ4v) is 3.85. The van der Waals surface area contributed by atoms with Gasteiger partial charge in [-0.25, -0.2) is 0 Å².